The van der Waals surface area contributed by atoms with Crippen LogP contribution < -0.4 is 10.1 Å². The molecule has 0 bridgehead atoms. The van der Waals surface area contributed by atoms with Gasteiger partial charge in [0, 0.05) is 23.1 Å². The molecule has 0 aromatic heterocycles. The number of para-hydroxylation sites is 1. The van der Waals surface area contributed by atoms with E-state index < -0.39 is 6.10 Å². The lowest BCUT2D eigenvalue weighted by atomic mass is 10.0. The summed E-state index contributed by atoms with van der Waals surface area (Å²) in [6, 6.07) is 15.7. The first-order valence-electron chi connectivity index (χ1n) is 8.83. The van der Waals surface area contributed by atoms with Gasteiger partial charge in [0.05, 0.1) is 0 Å². The second-order valence-electron chi connectivity index (χ2n) is 6.39. The largest absolute Gasteiger partial charge is 0.481 e. The number of amides is 1. The van der Waals surface area contributed by atoms with Crippen molar-refractivity contribution in [1.29, 1.82) is 0 Å². The van der Waals surface area contributed by atoms with Crippen LogP contribution in [0.5, 0.6) is 5.75 Å². The van der Waals surface area contributed by atoms with Gasteiger partial charge in [-0.15, -0.1) is 0 Å². The zero-order chi connectivity index (χ0) is 18.9. The molecule has 2 aromatic carbocycles. The number of hydrogen-bond acceptors (Lipinski definition) is 3. The van der Waals surface area contributed by atoms with E-state index in [9.17, 15) is 4.79 Å². The fourth-order valence-electron chi connectivity index (χ4n) is 2.50. The summed E-state index contributed by atoms with van der Waals surface area (Å²) >= 11 is 7.89. The highest BCUT2D eigenvalue weighted by Gasteiger charge is 2.16. The van der Waals surface area contributed by atoms with Crippen LogP contribution in [0.15, 0.2) is 48.5 Å². The van der Waals surface area contributed by atoms with Crippen LogP contribution in [0.1, 0.15) is 37.8 Å². The van der Waals surface area contributed by atoms with Gasteiger partial charge in [0.2, 0.25) is 0 Å². The molecule has 5 heteroatoms. The van der Waals surface area contributed by atoms with Gasteiger partial charge in [-0.25, -0.2) is 0 Å². The standard InChI is InChI=1S/C21H26ClNO2S/c1-15(2)18-9-5-7-11-20(18)25-16(3)21(24)23-12-13-26-14-17-8-4-6-10-19(17)22/h4-11,15-16H,12-14H2,1-3H3,(H,23,24)/t16-/m0/s1. The van der Waals surface area contributed by atoms with Crippen molar-refractivity contribution in [2.45, 2.75) is 38.5 Å². The molecule has 1 atom stereocenters. The van der Waals surface area contributed by atoms with Crippen LogP contribution >= 0.6 is 23.4 Å². The SMILES string of the molecule is CC(C)c1ccccc1O[C@@H](C)C(=O)NCCSCc1ccccc1Cl. The molecule has 3 nitrogen and oxygen atoms in total. The van der Waals surface area contributed by atoms with E-state index in [1.807, 2.05) is 48.5 Å². The summed E-state index contributed by atoms with van der Waals surface area (Å²) in [5.41, 5.74) is 2.23. The predicted octanol–water partition coefficient (Wildman–Crippen LogP) is 5.28. The Morgan fingerprint density at radius 2 is 1.81 bits per heavy atom. The third kappa shape index (κ3) is 6.26. The molecule has 0 aliphatic rings. The first-order valence-corrected chi connectivity index (χ1v) is 10.4. The summed E-state index contributed by atoms with van der Waals surface area (Å²) < 4.78 is 5.87. The normalized spacial score (nSPS) is 12.0. The molecule has 0 aliphatic carbocycles. The Morgan fingerprint density at radius 1 is 1.12 bits per heavy atom. The van der Waals surface area contributed by atoms with Gasteiger partial charge < -0.3 is 10.1 Å². The van der Waals surface area contributed by atoms with Gasteiger partial charge in [-0.3, -0.25) is 4.79 Å². The first-order chi connectivity index (χ1) is 12.5. The lowest BCUT2D eigenvalue weighted by Crippen LogP contribution is -2.37. The highest BCUT2D eigenvalue weighted by Crippen LogP contribution is 2.26. The number of carbonyl (C=O) groups excluding carboxylic acids is 1. The van der Waals surface area contributed by atoms with Crippen molar-refractivity contribution in [3.63, 3.8) is 0 Å². The van der Waals surface area contributed by atoms with Crippen LogP contribution in [-0.2, 0) is 10.5 Å². The number of halogens is 1. The number of hydrogen-bond donors (Lipinski definition) is 1. The quantitative estimate of drug-likeness (QED) is 0.591. The maximum atomic E-state index is 12.2. The third-order valence-electron chi connectivity index (χ3n) is 3.98. The number of rotatable bonds is 9. The molecule has 0 saturated carbocycles. The molecular formula is C21H26ClNO2S. The van der Waals surface area contributed by atoms with E-state index in [0.29, 0.717) is 12.5 Å². The minimum Gasteiger partial charge on any atom is -0.481 e. The average molecular weight is 392 g/mol. The van der Waals surface area contributed by atoms with Crippen LogP contribution in [0.2, 0.25) is 5.02 Å². The fourth-order valence-corrected chi connectivity index (χ4v) is 3.64. The van der Waals surface area contributed by atoms with Crippen molar-refractivity contribution in [1.82, 2.24) is 5.32 Å². The van der Waals surface area contributed by atoms with E-state index >= 15 is 0 Å². The van der Waals surface area contributed by atoms with Crippen molar-refractivity contribution >= 4 is 29.3 Å². The molecule has 2 aromatic rings. The second-order valence-corrected chi connectivity index (χ2v) is 7.90. The van der Waals surface area contributed by atoms with Crippen molar-refractivity contribution in [3.8, 4) is 5.75 Å². The first kappa shape index (κ1) is 20.7. The zero-order valence-corrected chi connectivity index (χ0v) is 17.1. The Bertz CT molecular complexity index is 721. The fraction of sp³-hybridized carbons (Fsp3) is 0.381. The van der Waals surface area contributed by atoms with Gasteiger partial charge in [-0.05, 0) is 36.1 Å². The topological polar surface area (TPSA) is 38.3 Å². The predicted molar refractivity (Wildman–Crippen MR) is 111 cm³/mol. The summed E-state index contributed by atoms with van der Waals surface area (Å²) in [6.07, 6.45) is -0.525. The molecule has 0 unspecified atom stereocenters. The van der Waals surface area contributed by atoms with Gasteiger partial charge in [-0.2, -0.15) is 11.8 Å². The van der Waals surface area contributed by atoms with Crippen LogP contribution in [0.3, 0.4) is 0 Å². The number of thioether (sulfide) groups is 1. The van der Waals surface area contributed by atoms with E-state index in [1.165, 1.54) is 0 Å². The second kappa shape index (κ2) is 10.5. The van der Waals surface area contributed by atoms with Crippen molar-refractivity contribution in [2.75, 3.05) is 12.3 Å². The monoisotopic (exact) mass is 391 g/mol. The highest BCUT2D eigenvalue weighted by molar-refractivity contribution is 7.98. The molecule has 0 saturated heterocycles. The van der Waals surface area contributed by atoms with Gasteiger partial charge in [0.1, 0.15) is 5.75 Å². The number of nitrogens with one attached hydrogen (secondary N) is 1. The molecule has 2 rings (SSSR count). The Hall–Kier alpha value is -1.65. The van der Waals surface area contributed by atoms with Gasteiger partial charge >= 0.3 is 0 Å². The Balaban J connectivity index is 1.73. The molecule has 0 heterocycles. The highest BCUT2D eigenvalue weighted by atomic mass is 35.5. The molecule has 1 N–H and O–H groups in total. The number of carbonyl (C=O) groups is 1. The van der Waals surface area contributed by atoms with Crippen LogP contribution in [0.4, 0.5) is 0 Å². The lowest BCUT2D eigenvalue weighted by molar-refractivity contribution is -0.127. The molecule has 0 spiro atoms. The maximum absolute atomic E-state index is 12.2. The van der Waals surface area contributed by atoms with Gasteiger partial charge in [0.15, 0.2) is 6.10 Å². The number of ether oxygens (including phenoxy) is 1. The summed E-state index contributed by atoms with van der Waals surface area (Å²) in [7, 11) is 0. The van der Waals surface area contributed by atoms with E-state index in [4.69, 9.17) is 16.3 Å². The van der Waals surface area contributed by atoms with Crippen molar-refractivity contribution < 1.29 is 9.53 Å². The molecule has 0 aliphatic heterocycles. The molecule has 140 valence electrons. The molecular weight excluding hydrogens is 366 g/mol. The summed E-state index contributed by atoms with van der Waals surface area (Å²) in [5.74, 6) is 2.69. The summed E-state index contributed by atoms with van der Waals surface area (Å²) in [6.45, 7) is 6.61. The average Bonchev–Trinajstić information content (AvgIpc) is 2.63. The minimum absolute atomic E-state index is 0.0955. The van der Waals surface area contributed by atoms with E-state index in [0.717, 1.165) is 33.4 Å². The number of benzene rings is 2. The smallest absolute Gasteiger partial charge is 0.260 e. The minimum atomic E-state index is -0.525. The van der Waals surface area contributed by atoms with Crippen LogP contribution in [0.25, 0.3) is 0 Å². The Morgan fingerprint density at radius 3 is 2.54 bits per heavy atom. The zero-order valence-electron chi connectivity index (χ0n) is 15.5. The van der Waals surface area contributed by atoms with Crippen molar-refractivity contribution in [3.05, 3.63) is 64.7 Å². The van der Waals surface area contributed by atoms with E-state index in [-0.39, 0.29) is 5.91 Å². The molecule has 1 amide bonds. The summed E-state index contributed by atoms with van der Waals surface area (Å²) in [5, 5.41) is 3.72. The lowest BCUT2D eigenvalue weighted by Gasteiger charge is -2.18. The molecule has 0 fully saturated rings. The van der Waals surface area contributed by atoms with Crippen LogP contribution in [0, 0.1) is 0 Å². The molecule has 0 radical (unpaired) electrons. The van der Waals surface area contributed by atoms with Crippen molar-refractivity contribution in [2.24, 2.45) is 0 Å². The Kier molecular flexibility index (Phi) is 8.33. The third-order valence-corrected chi connectivity index (χ3v) is 5.35. The van der Waals surface area contributed by atoms with E-state index in [1.54, 1.807) is 18.7 Å². The van der Waals surface area contributed by atoms with Gasteiger partial charge in [0.25, 0.3) is 5.91 Å². The Labute approximate surface area is 165 Å². The van der Waals surface area contributed by atoms with E-state index in [2.05, 4.69) is 19.2 Å². The molecule has 26 heavy (non-hydrogen) atoms. The van der Waals surface area contributed by atoms with Gasteiger partial charge in [-0.1, -0.05) is 61.8 Å². The van der Waals surface area contributed by atoms with Crippen LogP contribution in [-0.4, -0.2) is 24.3 Å². The summed E-state index contributed by atoms with van der Waals surface area (Å²) in [4.78, 5) is 12.2. The maximum Gasteiger partial charge on any atom is 0.260 e.